The molecule has 0 bridgehead atoms. The molecule has 0 saturated heterocycles. The van der Waals surface area contributed by atoms with E-state index in [1.54, 1.807) is 0 Å². The minimum Gasteiger partial charge on any atom is -0.393 e. The predicted octanol–water partition coefficient (Wildman–Crippen LogP) is 6.40. The minimum atomic E-state index is -0.184. The molecule has 1 N–H and O–H groups in total. The number of carbonyl (C=O) groups is 1. The molecule has 0 aromatic heterocycles. The van der Waals surface area contributed by atoms with E-state index in [1.807, 2.05) is 0 Å². The number of aliphatic hydroxyl groups is 1. The van der Waals surface area contributed by atoms with Crippen molar-refractivity contribution in [3.8, 4) is 0 Å². The van der Waals surface area contributed by atoms with Crippen molar-refractivity contribution in [3.63, 3.8) is 0 Å². The molecule has 4 aliphatic carbocycles. The highest BCUT2D eigenvalue weighted by Gasteiger charge is 2.62. The van der Waals surface area contributed by atoms with Crippen molar-refractivity contribution in [1.29, 1.82) is 0 Å². The molecular formula is C26H44O2. The fourth-order valence-corrected chi connectivity index (χ4v) is 9.04. The van der Waals surface area contributed by atoms with Crippen LogP contribution in [0.2, 0.25) is 0 Å². The Morgan fingerprint density at radius 2 is 1.79 bits per heavy atom. The van der Waals surface area contributed by atoms with Gasteiger partial charge in [0, 0.05) is 12.3 Å². The van der Waals surface area contributed by atoms with Gasteiger partial charge in [0.25, 0.3) is 0 Å². The number of ketones is 1. The molecule has 160 valence electrons. The number of hydrogen-bond acceptors (Lipinski definition) is 2. The SMILES string of the molecule is CCCCC[C@@H](C)[C@H]1CC[C@H]2[C@@H]3CC(=O)[C@H]4CC[C@H](O)C[C@]4(C)[C@H]3CC[C@]12C. The third-order valence-electron chi connectivity index (χ3n) is 10.4. The molecule has 28 heavy (non-hydrogen) atoms. The zero-order chi connectivity index (χ0) is 20.1. The van der Waals surface area contributed by atoms with E-state index in [4.69, 9.17) is 0 Å². The fourth-order valence-electron chi connectivity index (χ4n) is 9.04. The highest BCUT2D eigenvalue weighted by Crippen LogP contribution is 2.67. The lowest BCUT2D eigenvalue weighted by Crippen LogP contribution is -2.57. The van der Waals surface area contributed by atoms with Crippen LogP contribution >= 0.6 is 0 Å². The number of Topliss-reactive ketones (excluding diaryl/α,β-unsaturated/α-hetero) is 1. The van der Waals surface area contributed by atoms with Gasteiger partial charge in [-0.1, -0.05) is 53.4 Å². The van der Waals surface area contributed by atoms with E-state index in [2.05, 4.69) is 27.7 Å². The maximum atomic E-state index is 13.2. The first-order valence-corrected chi connectivity index (χ1v) is 12.5. The van der Waals surface area contributed by atoms with Gasteiger partial charge < -0.3 is 5.11 Å². The predicted molar refractivity (Wildman–Crippen MR) is 115 cm³/mol. The van der Waals surface area contributed by atoms with Crippen LogP contribution in [0.4, 0.5) is 0 Å². The number of fused-ring (bicyclic) bond motifs is 5. The molecule has 4 fully saturated rings. The van der Waals surface area contributed by atoms with Crippen molar-refractivity contribution in [2.24, 2.45) is 46.3 Å². The zero-order valence-corrected chi connectivity index (χ0v) is 18.9. The van der Waals surface area contributed by atoms with Gasteiger partial charge in [0.05, 0.1) is 6.10 Å². The molecule has 4 aliphatic rings. The summed E-state index contributed by atoms with van der Waals surface area (Å²) in [6, 6.07) is 0. The van der Waals surface area contributed by atoms with Crippen LogP contribution in [0.15, 0.2) is 0 Å². The standard InChI is InChI=1S/C26H44O2/c1-5-6-7-8-17(2)20-11-12-21-19-15-24(28)23-10-9-18(27)16-26(23,4)22(19)13-14-25(20,21)3/h17-23,27H,5-16H2,1-4H3/t17-,18+,19+,20-,21+,22+,23-,25-,26-/m1/s1. The van der Waals surface area contributed by atoms with Crippen LogP contribution in [0.25, 0.3) is 0 Å². The zero-order valence-electron chi connectivity index (χ0n) is 18.9. The second-order valence-electron chi connectivity index (χ2n) is 11.7. The van der Waals surface area contributed by atoms with Crippen LogP contribution in [-0.2, 0) is 4.79 Å². The molecular weight excluding hydrogens is 344 g/mol. The van der Waals surface area contributed by atoms with Gasteiger partial charge in [0.2, 0.25) is 0 Å². The largest absolute Gasteiger partial charge is 0.393 e. The molecule has 0 unspecified atom stereocenters. The summed E-state index contributed by atoms with van der Waals surface area (Å²) in [5.41, 5.74) is 0.507. The molecule has 0 spiro atoms. The highest BCUT2D eigenvalue weighted by atomic mass is 16.3. The van der Waals surface area contributed by atoms with Crippen molar-refractivity contribution in [3.05, 3.63) is 0 Å². The quantitative estimate of drug-likeness (QED) is 0.553. The third-order valence-corrected chi connectivity index (χ3v) is 10.4. The van der Waals surface area contributed by atoms with E-state index in [0.29, 0.717) is 23.0 Å². The summed E-state index contributed by atoms with van der Waals surface area (Å²) in [6.45, 7) is 9.78. The van der Waals surface area contributed by atoms with Gasteiger partial charge >= 0.3 is 0 Å². The van der Waals surface area contributed by atoms with E-state index in [9.17, 15) is 9.90 Å². The van der Waals surface area contributed by atoms with Crippen LogP contribution < -0.4 is 0 Å². The molecule has 0 aromatic rings. The molecule has 2 heteroatoms. The molecule has 0 amide bonds. The maximum Gasteiger partial charge on any atom is 0.136 e. The van der Waals surface area contributed by atoms with Crippen LogP contribution in [0, 0.1) is 46.3 Å². The smallest absolute Gasteiger partial charge is 0.136 e. The van der Waals surface area contributed by atoms with Crippen LogP contribution in [0.1, 0.15) is 105 Å². The summed E-state index contributed by atoms with van der Waals surface area (Å²) in [4.78, 5) is 13.2. The van der Waals surface area contributed by atoms with E-state index in [1.165, 1.54) is 51.4 Å². The molecule has 4 saturated carbocycles. The number of hydrogen-bond donors (Lipinski definition) is 1. The summed E-state index contributed by atoms with van der Waals surface area (Å²) in [5.74, 6) is 4.45. The number of carbonyl (C=O) groups excluding carboxylic acids is 1. The Morgan fingerprint density at radius 3 is 2.54 bits per heavy atom. The van der Waals surface area contributed by atoms with Gasteiger partial charge in [-0.3, -0.25) is 4.79 Å². The van der Waals surface area contributed by atoms with Crippen molar-refractivity contribution in [2.45, 2.75) is 111 Å². The Balaban J connectivity index is 1.54. The molecule has 2 nitrogen and oxygen atoms in total. The Morgan fingerprint density at radius 1 is 1.04 bits per heavy atom. The van der Waals surface area contributed by atoms with Crippen molar-refractivity contribution in [1.82, 2.24) is 0 Å². The Bertz CT molecular complexity index is 585. The lowest BCUT2D eigenvalue weighted by molar-refractivity contribution is -0.160. The topological polar surface area (TPSA) is 37.3 Å². The number of unbranched alkanes of at least 4 members (excludes halogenated alkanes) is 2. The van der Waals surface area contributed by atoms with Gasteiger partial charge in [-0.05, 0) is 85.4 Å². The van der Waals surface area contributed by atoms with Crippen molar-refractivity contribution in [2.75, 3.05) is 0 Å². The van der Waals surface area contributed by atoms with E-state index in [-0.39, 0.29) is 17.4 Å². The van der Waals surface area contributed by atoms with Crippen LogP contribution in [0.5, 0.6) is 0 Å². The minimum absolute atomic E-state index is 0.0594. The van der Waals surface area contributed by atoms with Gasteiger partial charge in [-0.15, -0.1) is 0 Å². The molecule has 0 radical (unpaired) electrons. The van der Waals surface area contributed by atoms with Crippen LogP contribution in [0.3, 0.4) is 0 Å². The second-order valence-corrected chi connectivity index (χ2v) is 11.7. The van der Waals surface area contributed by atoms with E-state index >= 15 is 0 Å². The first kappa shape index (κ1) is 20.9. The van der Waals surface area contributed by atoms with Crippen molar-refractivity contribution >= 4 is 5.78 Å². The van der Waals surface area contributed by atoms with Gasteiger partial charge in [0.15, 0.2) is 0 Å². The molecule has 4 rings (SSSR count). The van der Waals surface area contributed by atoms with E-state index in [0.717, 1.165) is 43.4 Å². The average Bonchev–Trinajstić information content (AvgIpc) is 2.99. The number of rotatable bonds is 5. The Kier molecular flexibility index (Phi) is 5.75. The second kappa shape index (κ2) is 7.71. The summed E-state index contributed by atoms with van der Waals surface area (Å²) >= 11 is 0. The van der Waals surface area contributed by atoms with Crippen LogP contribution in [-0.4, -0.2) is 17.0 Å². The lowest BCUT2D eigenvalue weighted by Gasteiger charge is -2.60. The molecule has 0 heterocycles. The monoisotopic (exact) mass is 388 g/mol. The van der Waals surface area contributed by atoms with Gasteiger partial charge in [-0.25, -0.2) is 0 Å². The summed E-state index contributed by atoms with van der Waals surface area (Å²) in [7, 11) is 0. The summed E-state index contributed by atoms with van der Waals surface area (Å²) in [5, 5.41) is 10.4. The average molecular weight is 389 g/mol. The Hall–Kier alpha value is -0.370. The summed E-state index contributed by atoms with van der Waals surface area (Å²) in [6.07, 6.45) is 14.1. The van der Waals surface area contributed by atoms with Gasteiger partial charge in [-0.2, -0.15) is 0 Å². The summed E-state index contributed by atoms with van der Waals surface area (Å²) < 4.78 is 0. The third kappa shape index (κ3) is 3.21. The molecule has 9 atom stereocenters. The Labute approximate surface area is 173 Å². The molecule has 0 aliphatic heterocycles. The first-order chi connectivity index (χ1) is 13.3. The maximum absolute atomic E-state index is 13.2. The van der Waals surface area contributed by atoms with Gasteiger partial charge in [0.1, 0.15) is 5.78 Å². The fraction of sp³-hybridized carbons (Fsp3) is 0.962. The first-order valence-electron chi connectivity index (χ1n) is 12.5. The number of aliphatic hydroxyl groups excluding tert-OH is 1. The molecule has 0 aromatic carbocycles. The lowest BCUT2D eigenvalue weighted by atomic mass is 9.44. The highest BCUT2D eigenvalue weighted by molar-refractivity contribution is 5.83. The van der Waals surface area contributed by atoms with E-state index < -0.39 is 0 Å². The normalized spacial score (nSPS) is 49.2. The van der Waals surface area contributed by atoms with Crippen molar-refractivity contribution < 1.29 is 9.90 Å².